The fraction of sp³-hybridized carbons (Fsp3) is 0.615. The minimum Gasteiger partial charge on any atom is -0.376 e. The molecular weight excluding hydrogens is 260 g/mol. The summed E-state index contributed by atoms with van der Waals surface area (Å²) in [7, 11) is 0. The van der Waals surface area contributed by atoms with Crippen molar-refractivity contribution in [3.05, 3.63) is 22.2 Å². The van der Waals surface area contributed by atoms with Crippen LogP contribution in [-0.2, 0) is 4.74 Å². The molecule has 0 aliphatic carbocycles. The van der Waals surface area contributed by atoms with E-state index in [1.807, 2.05) is 6.92 Å². The number of nitrogens with zero attached hydrogens (tertiary/aromatic N) is 2. The van der Waals surface area contributed by atoms with Crippen LogP contribution < -0.4 is 10.6 Å². The molecule has 1 aromatic rings. The Morgan fingerprint density at radius 1 is 1.45 bits per heavy atom. The van der Waals surface area contributed by atoms with E-state index in [4.69, 9.17) is 4.74 Å². The Kier molecular flexibility index (Phi) is 5.11. The summed E-state index contributed by atoms with van der Waals surface area (Å²) < 4.78 is 5.51. The van der Waals surface area contributed by atoms with Crippen LogP contribution in [0.3, 0.4) is 0 Å². The van der Waals surface area contributed by atoms with Crippen molar-refractivity contribution in [1.29, 1.82) is 0 Å². The predicted octanol–water partition coefficient (Wildman–Crippen LogP) is 2.40. The molecule has 1 atom stereocenters. The van der Waals surface area contributed by atoms with E-state index in [9.17, 15) is 10.1 Å². The molecule has 0 spiro atoms. The summed E-state index contributed by atoms with van der Waals surface area (Å²) in [6, 6.07) is 2.90. The lowest BCUT2D eigenvalue weighted by molar-refractivity contribution is -0.384. The van der Waals surface area contributed by atoms with Gasteiger partial charge in [0.1, 0.15) is 11.6 Å². The summed E-state index contributed by atoms with van der Waals surface area (Å²) in [5, 5.41) is 17.1. The summed E-state index contributed by atoms with van der Waals surface area (Å²) in [5.41, 5.74) is 0.0356. The number of aromatic nitrogens is 1. The normalized spacial score (nSPS) is 17.9. The van der Waals surface area contributed by atoms with Gasteiger partial charge in [0.05, 0.1) is 23.2 Å². The fourth-order valence-corrected chi connectivity index (χ4v) is 2.08. The van der Waals surface area contributed by atoms with Gasteiger partial charge < -0.3 is 15.4 Å². The summed E-state index contributed by atoms with van der Waals surface area (Å²) >= 11 is 0. The lowest BCUT2D eigenvalue weighted by Gasteiger charge is -2.12. The standard InChI is InChI=1S/C13H20N4O3/c1-2-5-14-12-7-10(17(18)19)8-13(16-12)15-9-11-4-3-6-20-11/h7-8,11H,2-6,9H2,1H3,(H2,14,15,16). The zero-order chi connectivity index (χ0) is 14.4. The highest BCUT2D eigenvalue weighted by atomic mass is 16.6. The lowest BCUT2D eigenvalue weighted by Crippen LogP contribution is -2.19. The van der Waals surface area contributed by atoms with Gasteiger partial charge in [-0.2, -0.15) is 0 Å². The molecule has 1 aromatic heterocycles. The highest BCUT2D eigenvalue weighted by Gasteiger charge is 2.16. The minimum absolute atomic E-state index is 0.0356. The third-order valence-corrected chi connectivity index (χ3v) is 3.11. The predicted molar refractivity (Wildman–Crippen MR) is 77.1 cm³/mol. The number of hydrogen-bond acceptors (Lipinski definition) is 6. The van der Waals surface area contributed by atoms with Crippen LogP contribution in [0.5, 0.6) is 0 Å². The number of pyridine rings is 1. The molecule has 20 heavy (non-hydrogen) atoms. The molecule has 1 fully saturated rings. The monoisotopic (exact) mass is 280 g/mol. The van der Waals surface area contributed by atoms with E-state index in [1.165, 1.54) is 12.1 Å². The van der Waals surface area contributed by atoms with Gasteiger partial charge in [0.2, 0.25) is 0 Å². The van der Waals surface area contributed by atoms with E-state index in [0.29, 0.717) is 18.2 Å². The molecule has 0 aromatic carbocycles. The van der Waals surface area contributed by atoms with E-state index < -0.39 is 4.92 Å². The third kappa shape index (κ3) is 4.06. The van der Waals surface area contributed by atoms with Crippen LogP contribution in [0, 0.1) is 10.1 Å². The van der Waals surface area contributed by atoms with Crippen LogP contribution >= 0.6 is 0 Å². The van der Waals surface area contributed by atoms with Crippen LogP contribution in [-0.4, -0.2) is 35.7 Å². The van der Waals surface area contributed by atoms with Gasteiger partial charge in [-0.05, 0) is 19.3 Å². The summed E-state index contributed by atoms with van der Waals surface area (Å²) in [6.45, 7) is 4.18. The minimum atomic E-state index is -0.407. The molecular formula is C13H20N4O3. The molecule has 1 saturated heterocycles. The first kappa shape index (κ1) is 14.5. The quantitative estimate of drug-likeness (QED) is 0.589. The Balaban J connectivity index is 2.04. The number of rotatable bonds is 7. The Labute approximate surface area is 117 Å². The molecule has 7 nitrogen and oxygen atoms in total. The summed E-state index contributed by atoms with van der Waals surface area (Å²) in [6.07, 6.45) is 3.19. The molecule has 0 bridgehead atoms. The summed E-state index contributed by atoms with van der Waals surface area (Å²) in [5.74, 6) is 1.03. The van der Waals surface area contributed by atoms with E-state index in [2.05, 4.69) is 15.6 Å². The molecule has 2 N–H and O–H groups in total. The van der Waals surface area contributed by atoms with Crippen molar-refractivity contribution in [2.75, 3.05) is 30.3 Å². The zero-order valence-corrected chi connectivity index (χ0v) is 11.6. The Morgan fingerprint density at radius 3 is 2.80 bits per heavy atom. The fourth-order valence-electron chi connectivity index (χ4n) is 2.08. The molecule has 2 heterocycles. The van der Waals surface area contributed by atoms with Gasteiger partial charge in [0.25, 0.3) is 5.69 Å². The average Bonchev–Trinajstić information content (AvgIpc) is 2.96. The number of hydrogen-bond donors (Lipinski definition) is 2. The maximum absolute atomic E-state index is 10.9. The summed E-state index contributed by atoms with van der Waals surface area (Å²) in [4.78, 5) is 14.9. The zero-order valence-electron chi connectivity index (χ0n) is 11.6. The molecule has 2 rings (SSSR count). The molecule has 0 saturated carbocycles. The van der Waals surface area contributed by atoms with Gasteiger partial charge in [0.15, 0.2) is 0 Å². The number of nitro groups is 1. The lowest BCUT2D eigenvalue weighted by atomic mass is 10.2. The highest BCUT2D eigenvalue weighted by molar-refractivity contribution is 5.54. The second-order valence-electron chi connectivity index (χ2n) is 4.80. The molecule has 0 amide bonds. The Hall–Kier alpha value is -1.89. The third-order valence-electron chi connectivity index (χ3n) is 3.11. The van der Waals surface area contributed by atoms with Crippen molar-refractivity contribution in [1.82, 2.24) is 4.98 Å². The smallest absolute Gasteiger partial charge is 0.276 e. The van der Waals surface area contributed by atoms with Gasteiger partial charge in [-0.25, -0.2) is 4.98 Å². The first-order valence-electron chi connectivity index (χ1n) is 6.95. The second-order valence-corrected chi connectivity index (χ2v) is 4.80. The number of anilines is 2. The molecule has 0 radical (unpaired) electrons. The average molecular weight is 280 g/mol. The van der Waals surface area contributed by atoms with Crippen molar-refractivity contribution in [3.63, 3.8) is 0 Å². The van der Waals surface area contributed by atoms with Gasteiger partial charge in [-0.1, -0.05) is 6.92 Å². The van der Waals surface area contributed by atoms with Crippen molar-refractivity contribution in [2.24, 2.45) is 0 Å². The van der Waals surface area contributed by atoms with Gasteiger partial charge in [0, 0.05) is 19.7 Å². The number of ether oxygens (including phenoxy) is 1. The largest absolute Gasteiger partial charge is 0.376 e. The van der Waals surface area contributed by atoms with Gasteiger partial charge in [-0.3, -0.25) is 10.1 Å². The molecule has 1 aliphatic rings. The maximum Gasteiger partial charge on any atom is 0.276 e. The molecule has 110 valence electrons. The van der Waals surface area contributed by atoms with Crippen LogP contribution in [0.15, 0.2) is 12.1 Å². The van der Waals surface area contributed by atoms with E-state index >= 15 is 0 Å². The molecule has 1 unspecified atom stereocenters. The van der Waals surface area contributed by atoms with Gasteiger partial charge in [-0.15, -0.1) is 0 Å². The highest BCUT2D eigenvalue weighted by Crippen LogP contribution is 2.21. The van der Waals surface area contributed by atoms with E-state index in [1.54, 1.807) is 0 Å². The van der Waals surface area contributed by atoms with Crippen molar-refractivity contribution in [2.45, 2.75) is 32.3 Å². The van der Waals surface area contributed by atoms with E-state index in [0.717, 1.165) is 32.4 Å². The SMILES string of the molecule is CCCNc1cc([N+](=O)[O-])cc(NCC2CCCO2)n1. The van der Waals surface area contributed by atoms with Crippen molar-refractivity contribution < 1.29 is 9.66 Å². The van der Waals surface area contributed by atoms with Crippen LogP contribution in [0.4, 0.5) is 17.3 Å². The second kappa shape index (κ2) is 7.04. The van der Waals surface area contributed by atoms with Crippen LogP contribution in [0.25, 0.3) is 0 Å². The maximum atomic E-state index is 10.9. The molecule has 7 heteroatoms. The Bertz CT molecular complexity index is 461. The number of nitrogens with one attached hydrogen (secondary N) is 2. The topological polar surface area (TPSA) is 89.3 Å². The Morgan fingerprint density at radius 2 is 2.20 bits per heavy atom. The first-order valence-corrected chi connectivity index (χ1v) is 6.95. The van der Waals surface area contributed by atoms with E-state index in [-0.39, 0.29) is 11.8 Å². The van der Waals surface area contributed by atoms with Crippen LogP contribution in [0.1, 0.15) is 26.2 Å². The van der Waals surface area contributed by atoms with Crippen molar-refractivity contribution in [3.8, 4) is 0 Å². The van der Waals surface area contributed by atoms with Crippen molar-refractivity contribution >= 4 is 17.3 Å². The van der Waals surface area contributed by atoms with Gasteiger partial charge >= 0.3 is 0 Å². The first-order chi connectivity index (χ1) is 9.69. The van der Waals surface area contributed by atoms with Crippen LogP contribution in [0.2, 0.25) is 0 Å². The molecule has 1 aliphatic heterocycles.